The van der Waals surface area contributed by atoms with E-state index in [0.717, 1.165) is 11.1 Å². The number of ketones is 1. The first-order valence-electron chi connectivity index (χ1n) is 7.96. The first-order chi connectivity index (χ1) is 11.7. The van der Waals surface area contributed by atoms with E-state index in [-0.39, 0.29) is 18.4 Å². The van der Waals surface area contributed by atoms with Gasteiger partial charge in [-0.15, -0.1) is 0 Å². The van der Waals surface area contributed by atoms with Crippen LogP contribution < -0.4 is 0 Å². The highest BCUT2D eigenvalue weighted by Crippen LogP contribution is 2.19. The lowest BCUT2D eigenvalue weighted by Gasteiger charge is -2.30. The summed E-state index contributed by atoms with van der Waals surface area (Å²) in [7, 11) is 0. The molecule has 0 radical (unpaired) electrons. The molecule has 0 saturated heterocycles. The summed E-state index contributed by atoms with van der Waals surface area (Å²) >= 11 is 0. The van der Waals surface area contributed by atoms with Crippen LogP contribution in [0.2, 0.25) is 0 Å². The number of ether oxygens (including phenoxy) is 1. The Morgan fingerprint density at radius 1 is 1.00 bits per heavy atom. The molecule has 0 N–H and O–H groups in total. The highest BCUT2D eigenvalue weighted by Gasteiger charge is 2.28. The lowest BCUT2D eigenvalue weighted by molar-refractivity contribution is -0.116. The molecule has 1 aliphatic rings. The Morgan fingerprint density at radius 3 is 2.29 bits per heavy atom. The number of hydrogen-bond acceptors (Lipinski definition) is 3. The number of carbonyl (C=O) groups excluding carboxylic acids is 2. The molecular formula is C20H19NO3. The van der Waals surface area contributed by atoms with Gasteiger partial charge >= 0.3 is 6.09 Å². The van der Waals surface area contributed by atoms with Crippen LogP contribution in [0.5, 0.6) is 0 Å². The second kappa shape index (κ2) is 7.59. The molecule has 122 valence electrons. The van der Waals surface area contributed by atoms with Crippen LogP contribution in [-0.2, 0) is 22.6 Å². The molecular weight excluding hydrogens is 302 g/mol. The second-order valence-electron chi connectivity index (χ2n) is 5.78. The Morgan fingerprint density at radius 2 is 1.62 bits per heavy atom. The molecule has 2 aromatic carbocycles. The fourth-order valence-electron chi connectivity index (χ4n) is 2.74. The van der Waals surface area contributed by atoms with Crippen LogP contribution in [0.1, 0.15) is 17.5 Å². The van der Waals surface area contributed by atoms with Gasteiger partial charge in [-0.3, -0.25) is 9.69 Å². The van der Waals surface area contributed by atoms with Crippen LogP contribution in [0, 0.1) is 0 Å². The molecule has 1 heterocycles. The van der Waals surface area contributed by atoms with Crippen LogP contribution in [0.4, 0.5) is 4.79 Å². The topological polar surface area (TPSA) is 46.6 Å². The maximum atomic E-state index is 12.4. The lowest BCUT2D eigenvalue weighted by atomic mass is 9.98. The molecule has 1 amide bonds. The third kappa shape index (κ3) is 4.10. The highest BCUT2D eigenvalue weighted by atomic mass is 16.6. The number of nitrogens with zero attached hydrogens (tertiary/aromatic N) is 1. The highest BCUT2D eigenvalue weighted by molar-refractivity contribution is 5.92. The summed E-state index contributed by atoms with van der Waals surface area (Å²) in [5, 5.41) is 0. The first-order valence-corrected chi connectivity index (χ1v) is 7.96. The van der Waals surface area contributed by atoms with Crippen LogP contribution in [0.15, 0.2) is 72.9 Å². The number of amides is 1. The maximum Gasteiger partial charge on any atom is 0.414 e. The SMILES string of the molecule is O=C1C=CN(C(=O)OCc2ccccc2)[C@H](Cc2ccccc2)C1. The van der Waals surface area contributed by atoms with Crippen LogP contribution in [0.3, 0.4) is 0 Å². The van der Waals surface area contributed by atoms with Gasteiger partial charge in [-0.1, -0.05) is 60.7 Å². The Kier molecular flexibility index (Phi) is 5.06. The minimum Gasteiger partial charge on any atom is -0.444 e. The lowest BCUT2D eigenvalue weighted by Crippen LogP contribution is -2.41. The molecule has 0 spiro atoms. The molecule has 0 unspecified atom stereocenters. The van der Waals surface area contributed by atoms with Crippen molar-refractivity contribution in [2.24, 2.45) is 0 Å². The van der Waals surface area contributed by atoms with E-state index in [9.17, 15) is 9.59 Å². The zero-order valence-electron chi connectivity index (χ0n) is 13.3. The minimum absolute atomic E-state index is 0.0306. The smallest absolute Gasteiger partial charge is 0.414 e. The predicted octanol–water partition coefficient (Wildman–Crippen LogP) is 3.72. The average Bonchev–Trinajstić information content (AvgIpc) is 2.62. The van der Waals surface area contributed by atoms with E-state index in [1.54, 1.807) is 0 Å². The van der Waals surface area contributed by atoms with E-state index >= 15 is 0 Å². The molecule has 3 rings (SSSR count). The zero-order chi connectivity index (χ0) is 16.8. The number of benzene rings is 2. The van der Waals surface area contributed by atoms with Gasteiger partial charge in [-0.2, -0.15) is 0 Å². The zero-order valence-corrected chi connectivity index (χ0v) is 13.3. The van der Waals surface area contributed by atoms with Crippen LogP contribution in [0.25, 0.3) is 0 Å². The van der Waals surface area contributed by atoms with Crippen molar-refractivity contribution in [1.82, 2.24) is 4.90 Å². The number of rotatable bonds is 4. The van der Waals surface area contributed by atoms with Gasteiger partial charge in [0.2, 0.25) is 0 Å². The van der Waals surface area contributed by atoms with Gasteiger partial charge in [0.1, 0.15) is 6.61 Å². The van der Waals surface area contributed by atoms with Crippen LogP contribution >= 0.6 is 0 Å². The Bertz CT molecular complexity index is 725. The van der Waals surface area contributed by atoms with E-state index < -0.39 is 6.09 Å². The van der Waals surface area contributed by atoms with Gasteiger partial charge in [0.05, 0.1) is 6.04 Å². The Hall–Kier alpha value is -2.88. The molecule has 2 aromatic rings. The summed E-state index contributed by atoms with van der Waals surface area (Å²) in [4.78, 5) is 25.7. The largest absolute Gasteiger partial charge is 0.444 e. The maximum absolute atomic E-state index is 12.4. The first kappa shape index (κ1) is 16.0. The van der Waals surface area contributed by atoms with Crippen molar-refractivity contribution < 1.29 is 14.3 Å². The average molecular weight is 321 g/mol. The molecule has 0 fully saturated rings. The predicted molar refractivity (Wildman–Crippen MR) is 91.2 cm³/mol. The van der Waals surface area contributed by atoms with Crippen molar-refractivity contribution in [3.63, 3.8) is 0 Å². The fourth-order valence-corrected chi connectivity index (χ4v) is 2.74. The summed E-state index contributed by atoms with van der Waals surface area (Å²) in [5.41, 5.74) is 2.02. The summed E-state index contributed by atoms with van der Waals surface area (Å²) in [6.45, 7) is 0.218. The minimum atomic E-state index is -0.427. The molecule has 1 aliphatic heterocycles. The third-order valence-corrected chi connectivity index (χ3v) is 3.98. The van der Waals surface area contributed by atoms with Crippen molar-refractivity contribution >= 4 is 11.9 Å². The number of allylic oxidation sites excluding steroid dienone is 1. The summed E-state index contributed by atoms with van der Waals surface area (Å²) in [5.74, 6) is 0.0306. The molecule has 4 nitrogen and oxygen atoms in total. The van der Waals surface area contributed by atoms with Gasteiger partial charge in [0.15, 0.2) is 5.78 Å². The normalized spacial score (nSPS) is 16.9. The van der Waals surface area contributed by atoms with E-state index in [1.807, 2.05) is 60.7 Å². The molecule has 0 saturated carbocycles. The van der Waals surface area contributed by atoms with E-state index in [4.69, 9.17) is 4.74 Å². The van der Waals surface area contributed by atoms with Crippen LogP contribution in [-0.4, -0.2) is 22.8 Å². The van der Waals surface area contributed by atoms with E-state index in [2.05, 4.69) is 0 Å². The fraction of sp³-hybridized carbons (Fsp3) is 0.200. The van der Waals surface area contributed by atoms with Gasteiger partial charge in [0.25, 0.3) is 0 Å². The standard InChI is InChI=1S/C20H19NO3/c22-19-11-12-21(18(14-19)13-16-7-3-1-4-8-16)20(23)24-15-17-9-5-2-6-10-17/h1-12,18H,13-15H2/t18-/m1/s1. The molecule has 4 heteroatoms. The quantitative estimate of drug-likeness (QED) is 0.862. The van der Waals surface area contributed by atoms with Gasteiger partial charge < -0.3 is 4.74 Å². The molecule has 1 atom stereocenters. The molecule has 0 bridgehead atoms. The molecule has 0 aliphatic carbocycles. The number of carbonyl (C=O) groups is 2. The summed E-state index contributed by atoms with van der Waals surface area (Å²) in [6.07, 6.45) is 3.48. The van der Waals surface area contributed by atoms with Crippen molar-refractivity contribution in [1.29, 1.82) is 0 Å². The monoisotopic (exact) mass is 321 g/mol. The van der Waals surface area contributed by atoms with Crippen molar-refractivity contribution in [3.8, 4) is 0 Å². The van der Waals surface area contributed by atoms with E-state index in [1.165, 1.54) is 17.2 Å². The van der Waals surface area contributed by atoms with Crippen molar-refractivity contribution in [3.05, 3.63) is 84.1 Å². The number of hydrogen-bond donors (Lipinski definition) is 0. The second-order valence-corrected chi connectivity index (χ2v) is 5.78. The molecule has 0 aromatic heterocycles. The van der Waals surface area contributed by atoms with Crippen molar-refractivity contribution in [2.75, 3.05) is 0 Å². The Labute approximate surface area is 141 Å². The summed E-state index contributed by atoms with van der Waals surface area (Å²) in [6, 6.07) is 19.2. The summed E-state index contributed by atoms with van der Waals surface area (Å²) < 4.78 is 5.40. The Balaban J connectivity index is 1.67. The molecule has 24 heavy (non-hydrogen) atoms. The van der Waals surface area contributed by atoms with Gasteiger partial charge in [-0.05, 0) is 23.6 Å². The van der Waals surface area contributed by atoms with E-state index in [0.29, 0.717) is 12.8 Å². The van der Waals surface area contributed by atoms with Gasteiger partial charge in [0, 0.05) is 12.6 Å². The third-order valence-electron chi connectivity index (χ3n) is 3.98. The van der Waals surface area contributed by atoms with Gasteiger partial charge in [-0.25, -0.2) is 4.79 Å². The van der Waals surface area contributed by atoms with Crippen molar-refractivity contribution in [2.45, 2.75) is 25.5 Å².